The van der Waals surface area contributed by atoms with Gasteiger partial charge in [0.2, 0.25) is 0 Å². The smallest absolute Gasteiger partial charge is 0.135 e. The number of hydrogen-bond donors (Lipinski definition) is 0. The molecule has 1 aromatic heterocycles. The highest BCUT2D eigenvalue weighted by molar-refractivity contribution is 8.09. The number of thioether (sulfide) groups is 1. The first-order valence-electron chi connectivity index (χ1n) is 10.9. The number of hydrogen-bond acceptors (Lipinski definition) is 3. The summed E-state index contributed by atoms with van der Waals surface area (Å²) in [5.74, 6) is 0. The molecule has 0 aliphatic carbocycles. The van der Waals surface area contributed by atoms with Crippen molar-refractivity contribution in [1.82, 2.24) is 0 Å². The molecule has 2 heterocycles. The Morgan fingerprint density at radius 2 is 1.41 bits per heavy atom. The number of furan rings is 1. The Morgan fingerprint density at radius 3 is 2.19 bits per heavy atom. The van der Waals surface area contributed by atoms with Gasteiger partial charge in [0.15, 0.2) is 0 Å². The van der Waals surface area contributed by atoms with E-state index in [-0.39, 0.29) is 5.37 Å². The first-order chi connectivity index (χ1) is 15.7. The van der Waals surface area contributed by atoms with Gasteiger partial charge in [0.25, 0.3) is 0 Å². The molecule has 0 saturated heterocycles. The van der Waals surface area contributed by atoms with Crippen molar-refractivity contribution in [2.45, 2.75) is 19.2 Å². The van der Waals surface area contributed by atoms with Crippen LogP contribution in [-0.4, -0.2) is 0 Å². The number of benzene rings is 4. The van der Waals surface area contributed by atoms with E-state index in [4.69, 9.17) is 4.42 Å². The van der Waals surface area contributed by atoms with Gasteiger partial charge in [0, 0.05) is 27.1 Å². The molecular weight excluding hydrogens is 410 g/mol. The number of aryl methyl sites for hydroxylation is 1. The molecule has 0 spiro atoms. The third-order valence-electron chi connectivity index (χ3n) is 6.23. The Labute approximate surface area is 192 Å². The highest BCUT2D eigenvalue weighted by Gasteiger charge is 2.34. The van der Waals surface area contributed by atoms with Crippen molar-refractivity contribution < 1.29 is 4.42 Å². The molecule has 5 aromatic rings. The van der Waals surface area contributed by atoms with Gasteiger partial charge in [-0.3, -0.25) is 0 Å². The maximum Gasteiger partial charge on any atom is 0.135 e. The SMILES string of the molecule is CC1=C(c2ccccc2)SC(c2ccccc2)N1c1cc2c(cc1C)oc1ccccc12. The van der Waals surface area contributed by atoms with Crippen molar-refractivity contribution in [3.63, 3.8) is 0 Å². The highest BCUT2D eigenvalue weighted by atomic mass is 32.2. The van der Waals surface area contributed by atoms with E-state index in [1.54, 1.807) is 0 Å². The fourth-order valence-corrected chi connectivity index (χ4v) is 6.10. The summed E-state index contributed by atoms with van der Waals surface area (Å²) in [5.41, 5.74) is 8.18. The zero-order valence-corrected chi connectivity index (χ0v) is 18.9. The number of nitrogens with zero attached hydrogens (tertiary/aromatic N) is 1. The van der Waals surface area contributed by atoms with Crippen LogP contribution < -0.4 is 4.90 Å². The second-order valence-electron chi connectivity index (χ2n) is 8.26. The quantitative estimate of drug-likeness (QED) is 0.284. The zero-order chi connectivity index (χ0) is 21.7. The molecule has 0 N–H and O–H groups in total. The van der Waals surface area contributed by atoms with Crippen LogP contribution in [0.1, 0.15) is 29.0 Å². The molecular formula is C29H23NOS. The van der Waals surface area contributed by atoms with E-state index in [1.165, 1.54) is 38.4 Å². The van der Waals surface area contributed by atoms with E-state index >= 15 is 0 Å². The Morgan fingerprint density at radius 1 is 0.719 bits per heavy atom. The molecule has 156 valence electrons. The molecule has 4 aromatic carbocycles. The van der Waals surface area contributed by atoms with Crippen molar-refractivity contribution in [3.8, 4) is 0 Å². The summed E-state index contributed by atoms with van der Waals surface area (Å²) < 4.78 is 6.14. The van der Waals surface area contributed by atoms with E-state index in [0.717, 1.165) is 16.6 Å². The predicted molar refractivity (Wildman–Crippen MR) is 137 cm³/mol. The van der Waals surface area contributed by atoms with Crippen LogP contribution in [0.4, 0.5) is 5.69 Å². The van der Waals surface area contributed by atoms with Gasteiger partial charge in [-0.25, -0.2) is 0 Å². The lowest BCUT2D eigenvalue weighted by molar-refractivity contribution is 0.668. The second kappa shape index (κ2) is 7.61. The molecule has 0 radical (unpaired) electrons. The predicted octanol–water partition coefficient (Wildman–Crippen LogP) is 8.54. The molecule has 0 fully saturated rings. The highest BCUT2D eigenvalue weighted by Crippen LogP contribution is 2.54. The number of anilines is 1. The first-order valence-corrected chi connectivity index (χ1v) is 11.8. The lowest BCUT2D eigenvalue weighted by Crippen LogP contribution is -2.21. The minimum atomic E-state index is 0.181. The third-order valence-corrected chi connectivity index (χ3v) is 7.70. The summed E-state index contributed by atoms with van der Waals surface area (Å²) in [7, 11) is 0. The Bertz CT molecular complexity index is 1470. The summed E-state index contributed by atoms with van der Waals surface area (Å²) in [5, 5.41) is 2.51. The van der Waals surface area contributed by atoms with Crippen LogP contribution in [0.5, 0.6) is 0 Å². The van der Waals surface area contributed by atoms with Gasteiger partial charge in [-0.15, -0.1) is 0 Å². The van der Waals surface area contributed by atoms with E-state index in [0.29, 0.717) is 0 Å². The van der Waals surface area contributed by atoms with Gasteiger partial charge < -0.3 is 9.32 Å². The van der Waals surface area contributed by atoms with Gasteiger partial charge in [0.05, 0.1) is 0 Å². The molecule has 6 rings (SSSR count). The summed E-state index contributed by atoms with van der Waals surface area (Å²) >= 11 is 1.93. The Balaban J connectivity index is 1.57. The fourth-order valence-electron chi connectivity index (χ4n) is 4.66. The number of rotatable bonds is 3. The molecule has 1 aliphatic rings. The Kier molecular flexibility index (Phi) is 4.58. The van der Waals surface area contributed by atoms with E-state index < -0.39 is 0 Å². The first kappa shape index (κ1) is 19.3. The second-order valence-corrected chi connectivity index (χ2v) is 9.36. The van der Waals surface area contributed by atoms with Gasteiger partial charge in [0.1, 0.15) is 16.5 Å². The minimum Gasteiger partial charge on any atom is -0.456 e. The van der Waals surface area contributed by atoms with Crippen LogP contribution in [-0.2, 0) is 0 Å². The lowest BCUT2D eigenvalue weighted by atomic mass is 10.1. The molecule has 0 bridgehead atoms. The average Bonchev–Trinajstić information content (AvgIpc) is 3.36. The summed E-state index contributed by atoms with van der Waals surface area (Å²) in [6.45, 7) is 4.43. The van der Waals surface area contributed by atoms with Crippen LogP contribution in [0.25, 0.3) is 26.8 Å². The van der Waals surface area contributed by atoms with Crippen molar-refractivity contribution in [1.29, 1.82) is 0 Å². The van der Waals surface area contributed by atoms with Crippen molar-refractivity contribution in [3.05, 3.63) is 119 Å². The standard InChI is InChI=1S/C29H23NOS/c1-19-17-27-24(23-15-9-10-16-26(23)31-27)18-25(19)30-20(2)28(21-11-5-3-6-12-21)32-29(30)22-13-7-4-8-14-22/h3-18,29H,1-2H3. The number of allylic oxidation sites excluding steroid dienone is 1. The van der Waals surface area contributed by atoms with Crippen LogP contribution >= 0.6 is 11.8 Å². The minimum absolute atomic E-state index is 0.181. The lowest BCUT2D eigenvalue weighted by Gasteiger charge is -2.29. The Hall–Kier alpha value is -3.43. The molecule has 0 saturated carbocycles. The van der Waals surface area contributed by atoms with E-state index in [1.807, 2.05) is 23.9 Å². The van der Waals surface area contributed by atoms with Crippen LogP contribution in [0.3, 0.4) is 0 Å². The fraction of sp³-hybridized carbons (Fsp3) is 0.103. The summed E-state index contributed by atoms with van der Waals surface area (Å²) in [6.07, 6.45) is 0. The van der Waals surface area contributed by atoms with Crippen molar-refractivity contribution >= 4 is 44.3 Å². The van der Waals surface area contributed by atoms with E-state index in [9.17, 15) is 0 Å². The maximum absolute atomic E-state index is 6.14. The molecule has 32 heavy (non-hydrogen) atoms. The molecule has 1 aliphatic heterocycles. The van der Waals surface area contributed by atoms with Gasteiger partial charge in [-0.05, 0) is 48.7 Å². The molecule has 1 atom stereocenters. The largest absolute Gasteiger partial charge is 0.456 e. The molecule has 3 heteroatoms. The van der Waals surface area contributed by atoms with Gasteiger partial charge >= 0.3 is 0 Å². The van der Waals surface area contributed by atoms with Crippen molar-refractivity contribution in [2.24, 2.45) is 0 Å². The molecule has 2 nitrogen and oxygen atoms in total. The van der Waals surface area contributed by atoms with E-state index in [2.05, 4.69) is 104 Å². The number of para-hydroxylation sites is 1. The number of fused-ring (bicyclic) bond motifs is 3. The van der Waals surface area contributed by atoms with Gasteiger partial charge in [-0.1, -0.05) is 90.6 Å². The maximum atomic E-state index is 6.14. The van der Waals surface area contributed by atoms with Crippen LogP contribution in [0, 0.1) is 6.92 Å². The summed E-state index contributed by atoms with van der Waals surface area (Å²) in [6, 6.07) is 34.3. The normalized spacial score (nSPS) is 16.4. The topological polar surface area (TPSA) is 16.4 Å². The van der Waals surface area contributed by atoms with Crippen molar-refractivity contribution in [2.75, 3.05) is 4.90 Å². The van der Waals surface area contributed by atoms with Crippen LogP contribution in [0.2, 0.25) is 0 Å². The summed E-state index contributed by atoms with van der Waals surface area (Å²) in [4.78, 5) is 3.83. The average molecular weight is 434 g/mol. The molecule has 0 amide bonds. The third kappa shape index (κ3) is 3.04. The molecule has 1 unspecified atom stereocenters. The van der Waals surface area contributed by atoms with Gasteiger partial charge in [-0.2, -0.15) is 0 Å². The van der Waals surface area contributed by atoms with Crippen LogP contribution in [0.15, 0.2) is 107 Å². The monoisotopic (exact) mass is 433 g/mol. The zero-order valence-electron chi connectivity index (χ0n) is 18.1.